The number of benzene rings is 2. The van der Waals surface area contributed by atoms with Crippen LogP contribution in [0.5, 0.6) is 0 Å². The van der Waals surface area contributed by atoms with Gasteiger partial charge in [0.05, 0.1) is 12.4 Å². The number of nitrogen functional groups attached to an aromatic ring is 1. The Morgan fingerprint density at radius 2 is 1.66 bits per heavy atom. The smallest absolute Gasteiger partial charge is 0.123 e. The van der Waals surface area contributed by atoms with E-state index in [0.717, 1.165) is 53.0 Å². The molecule has 4 rings (SSSR count). The van der Waals surface area contributed by atoms with Crippen LogP contribution < -0.4 is 5.73 Å². The zero-order chi connectivity index (χ0) is 20.2. The Labute approximate surface area is 169 Å². The van der Waals surface area contributed by atoms with Crippen molar-refractivity contribution in [3.63, 3.8) is 0 Å². The van der Waals surface area contributed by atoms with Gasteiger partial charge in [-0.15, -0.1) is 0 Å². The highest BCUT2D eigenvalue weighted by Gasteiger charge is 2.19. The molecule has 4 aromatic rings. The Kier molecular flexibility index (Phi) is 5.33. The SMILES string of the molecule is Cn1nc(-c2ccc(F)cc2)c(-c2ccnnc2)c1CCCc1ccc(N)cc1. The van der Waals surface area contributed by atoms with E-state index in [9.17, 15) is 4.39 Å². The molecule has 6 heteroatoms. The van der Waals surface area contributed by atoms with E-state index in [1.807, 2.05) is 29.9 Å². The van der Waals surface area contributed by atoms with Gasteiger partial charge in [-0.3, -0.25) is 4.68 Å². The second kappa shape index (κ2) is 8.22. The van der Waals surface area contributed by atoms with Crippen LogP contribution in [0.15, 0.2) is 67.0 Å². The fraction of sp³-hybridized carbons (Fsp3) is 0.174. The second-order valence-corrected chi connectivity index (χ2v) is 7.03. The van der Waals surface area contributed by atoms with E-state index in [0.29, 0.717) is 0 Å². The topological polar surface area (TPSA) is 69.6 Å². The van der Waals surface area contributed by atoms with Crippen molar-refractivity contribution < 1.29 is 4.39 Å². The normalized spacial score (nSPS) is 11.0. The molecule has 0 amide bonds. The van der Waals surface area contributed by atoms with Gasteiger partial charge in [0.2, 0.25) is 0 Å². The van der Waals surface area contributed by atoms with Gasteiger partial charge in [0.15, 0.2) is 0 Å². The number of hydrogen-bond donors (Lipinski definition) is 1. The van der Waals surface area contributed by atoms with Crippen molar-refractivity contribution in [2.75, 3.05) is 5.73 Å². The summed E-state index contributed by atoms with van der Waals surface area (Å²) in [7, 11) is 1.95. The summed E-state index contributed by atoms with van der Waals surface area (Å²) in [4.78, 5) is 0. The lowest BCUT2D eigenvalue weighted by atomic mass is 9.97. The van der Waals surface area contributed by atoms with Crippen molar-refractivity contribution in [3.8, 4) is 22.4 Å². The van der Waals surface area contributed by atoms with Crippen LogP contribution in [-0.2, 0) is 19.9 Å². The molecule has 2 aromatic heterocycles. The van der Waals surface area contributed by atoms with Crippen LogP contribution in [0.25, 0.3) is 22.4 Å². The first-order valence-electron chi connectivity index (χ1n) is 9.55. The lowest BCUT2D eigenvalue weighted by molar-refractivity contribution is 0.628. The molecule has 29 heavy (non-hydrogen) atoms. The highest BCUT2D eigenvalue weighted by atomic mass is 19.1. The van der Waals surface area contributed by atoms with E-state index < -0.39 is 0 Å². The maximum atomic E-state index is 13.4. The summed E-state index contributed by atoms with van der Waals surface area (Å²) >= 11 is 0. The Hall–Kier alpha value is -3.54. The van der Waals surface area contributed by atoms with Gasteiger partial charge in [0.25, 0.3) is 0 Å². The van der Waals surface area contributed by atoms with Gasteiger partial charge < -0.3 is 5.73 Å². The Balaban J connectivity index is 1.67. The number of nitrogens with two attached hydrogens (primary N) is 1. The molecule has 0 aliphatic heterocycles. The fourth-order valence-corrected chi connectivity index (χ4v) is 3.54. The summed E-state index contributed by atoms with van der Waals surface area (Å²) in [6.07, 6.45) is 6.19. The third-order valence-electron chi connectivity index (χ3n) is 5.02. The maximum Gasteiger partial charge on any atom is 0.123 e. The van der Waals surface area contributed by atoms with Crippen molar-refractivity contribution in [2.24, 2.45) is 7.05 Å². The van der Waals surface area contributed by atoms with Crippen LogP contribution in [0.4, 0.5) is 10.1 Å². The summed E-state index contributed by atoms with van der Waals surface area (Å²) in [6.45, 7) is 0. The van der Waals surface area contributed by atoms with E-state index >= 15 is 0 Å². The van der Waals surface area contributed by atoms with Gasteiger partial charge in [-0.2, -0.15) is 15.3 Å². The van der Waals surface area contributed by atoms with E-state index in [4.69, 9.17) is 10.8 Å². The zero-order valence-corrected chi connectivity index (χ0v) is 16.2. The predicted octanol–water partition coefficient (Wildman–Crippen LogP) is 4.44. The van der Waals surface area contributed by atoms with Gasteiger partial charge >= 0.3 is 0 Å². The first-order valence-corrected chi connectivity index (χ1v) is 9.55. The summed E-state index contributed by atoms with van der Waals surface area (Å²) < 4.78 is 15.3. The first-order chi connectivity index (χ1) is 14.1. The molecule has 0 saturated heterocycles. The summed E-state index contributed by atoms with van der Waals surface area (Å²) in [5.74, 6) is -0.263. The molecule has 0 spiro atoms. The summed E-state index contributed by atoms with van der Waals surface area (Å²) in [6, 6.07) is 16.4. The molecule has 2 heterocycles. The van der Waals surface area contributed by atoms with Gasteiger partial charge in [0, 0.05) is 35.1 Å². The number of rotatable bonds is 6. The Morgan fingerprint density at radius 1 is 0.897 bits per heavy atom. The molecule has 0 unspecified atom stereocenters. The van der Waals surface area contributed by atoms with Crippen LogP contribution in [0, 0.1) is 5.82 Å². The molecule has 0 aliphatic rings. The van der Waals surface area contributed by atoms with Gasteiger partial charge in [-0.1, -0.05) is 12.1 Å². The predicted molar refractivity (Wildman–Crippen MR) is 113 cm³/mol. The van der Waals surface area contributed by atoms with E-state index in [-0.39, 0.29) is 5.82 Å². The molecule has 5 nitrogen and oxygen atoms in total. The van der Waals surface area contributed by atoms with Gasteiger partial charge in [-0.05, 0) is 67.3 Å². The Morgan fingerprint density at radius 3 is 2.34 bits per heavy atom. The van der Waals surface area contributed by atoms with Crippen LogP contribution >= 0.6 is 0 Å². The minimum Gasteiger partial charge on any atom is -0.399 e. The van der Waals surface area contributed by atoms with Crippen LogP contribution in [0.1, 0.15) is 17.7 Å². The molecule has 0 saturated carbocycles. The third kappa shape index (κ3) is 4.16. The van der Waals surface area contributed by atoms with Crippen LogP contribution in [-0.4, -0.2) is 20.0 Å². The molecular weight excluding hydrogens is 365 g/mol. The zero-order valence-electron chi connectivity index (χ0n) is 16.2. The number of nitrogens with zero attached hydrogens (tertiary/aromatic N) is 4. The molecular formula is C23H22FN5. The van der Waals surface area contributed by atoms with Gasteiger partial charge in [-0.25, -0.2) is 4.39 Å². The highest BCUT2D eigenvalue weighted by Crippen LogP contribution is 2.34. The monoisotopic (exact) mass is 387 g/mol. The average Bonchev–Trinajstić information content (AvgIpc) is 3.07. The minimum absolute atomic E-state index is 0.263. The van der Waals surface area contributed by atoms with Crippen molar-refractivity contribution >= 4 is 5.69 Å². The minimum atomic E-state index is -0.263. The number of hydrogen-bond acceptors (Lipinski definition) is 4. The lowest BCUT2D eigenvalue weighted by Gasteiger charge is -2.08. The highest BCUT2D eigenvalue weighted by molar-refractivity contribution is 5.82. The molecule has 0 aliphatic carbocycles. The van der Waals surface area contributed by atoms with Crippen molar-refractivity contribution in [2.45, 2.75) is 19.3 Å². The average molecular weight is 387 g/mol. The molecule has 146 valence electrons. The lowest BCUT2D eigenvalue weighted by Crippen LogP contribution is -2.01. The second-order valence-electron chi connectivity index (χ2n) is 7.03. The molecule has 0 radical (unpaired) electrons. The molecule has 2 aromatic carbocycles. The maximum absolute atomic E-state index is 13.4. The van der Waals surface area contributed by atoms with E-state index in [2.05, 4.69) is 22.3 Å². The number of aryl methyl sites for hydroxylation is 2. The van der Waals surface area contributed by atoms with Crippen molar-refractivity contribution in [1.29, 1.82) is 0 Å². The van der Waals surface area contributed by atoms with Crippen molar-refractivity contribution in [1.82, 2.24) is 20.0 Å². The van der Waals surface area contributed by atoms with Crippen LogP contribution in [0.2, 0.25) is 0 Å². The largest absolute Gasteiger partial charge is 0.399 e. The summed E-state index contributed by atoms with van der Waals surface area (Å²) in [5, 5.41) is 12.7. The van der Waals surface area contributed by atoms with E-state index in [1.165, 1.54) is 17.7 Å². The Bertz CT molecular complexity index is 1090. The number of anilines is 1. The molecule has 0 bridgehead atoms. The van der Waals surface area contributed by atoms with E-state index in [1.54, 1.807) is 24.5 Å². The van der Waals surface area contributed by atoms with Gasteiger partial charge in [0.1, 0.15) is 11.5 Å². The molecule has 0 fully saturated rings. The third-order valence-corrected chi connectivity index (χ3v) is 5.02. The summed E-state index contributed by atoms with van der Waals surface area (Å²) in [5.41, 5.74) is 12.6. The molecule has 2 N–H and O–H groups in total. The van der Waals surface area contributed by atoms with Crippen molar-refractivity contribution in [3.05, 3.63) is 84.1 Å². The fourth-order valence-electron chi connectivity index (χ4n) is 3.54. The first kappa shape index (κ1) is 18.8. The number of halogens is 1. The number of aromatic nitrogens is 4. The molecule has 0 atom stereocenters. The quantitative estimate of drug-likeness (QED) is 0.497. The van der Waals surface area contributed by atoms with Crippen LogP contribution in [0.3, 0.4) is 0 Å². The standard InChI is InChI=1S/C23H22FN5/c1-29-21(4-2-3-16-5-11-20(25)12-6-16)22(18-13-14-26-27-15-18)23(28-29)17-7-9-19(24)10-8-17/h5-15H,2-4,25H2,1H3.